The first kappa shape index (κ1) is 11.2. The second-order valence-corrected chi connectivity index (χ2v) is 5.16. The minimum absolute atomic E-state index is 0.362. The van der Waals surface area contributed by atoms with Crippen molar-refractivity contribution in [1.29, 1.82) is 0 Å². The SMILES string of the molecule is NNC(C1CCOC1)C1CCc2ccccc21. The van der Waals surface area contributed by atoms with Gasteiger partial charge < -0.3 is 4.74 Å². The van der Waals surface area contributed by atoms with E-state index in [0.29, 0.717) is 17.9 Å². The summed E-state index contributed by atoms with van der Waals surface area (Å²) >= 11 is 0. The zero-order valence-corrected chi connectivity index (χ0v) is 10.1. The zero-order valence-electron chi connectivity index (χ0n) is 10.1. The van der Waals surface area contributed by atoms with Crippen LogP contribution in [0, 0.1) is 5.92 Å². The first-order valence-corrected chi connectivity index (χ1v) is 6.52. The van der Waals surface area contributed by atoms with Crippen molar-refractivity contribution in [3.63, 3.8) is 0 Å². The van der Waals surface area contributed by atoms with Crippen LogP contribution in [0.4, 0.5) is 0 Å². The van der Waals surface area contributed by atoms with E-state index >= 15 is 0 Å². The van der Waals surface area contributed by atoms with Crippen LogP contribution < -0.4 is 11.3 Å². The number of hydrazine groups is 1. The van der Waals surface area contributed by atoms with Gasteiger partial charge in [0.25, 0.3) is 0 Å². The summed E-state index contributed by atoms with van der Waals surface area (Å²) in [6, 6.07) is 9.13. The molecule has 2 aliphatic rings. The van der Waals surface area contributed by atoms with Crippen LogP contribution in [0.3, 0.4) is 0 Å². The molecule has 92 valence electrons. The molecule has 3 unspecified atom stereocenters. The first-order valence-electron chi connectivity index (χ1n) is 6.52. The van der Waals surface area contributed by atoms with Gasteiger partial charge in [0.2, 0.25) is 0 Å². The second kappa shape index (κ2) is 4.77. The lowest BCUT2D eigenvalue weighted by Gasteiger charge is -2.28. The van der Waals surface area contributed by atoms with Gasteiger partial charge in [-0.05, 0) is 30.4 Å². The maximum atomic E-state index is 5.78. The van der Waals surface area contributed by atoms with Crippen molar-refractivity contribution in [1.82, 2.24) is 5.43 Å². The first-order chi connectivity index (χ1) is 8.40. The topological polar surface area (TPSA) is 47.3 Å². The fraction of sp³-hybridized carbons (Fsp3) is 0.571. The van der Waals surface area contributed by atoms with Gasteiger partial charge in [-0.2, -0.15) is 0 Å². The quantitative estimate of drug-likeness (QED) is 0.614. The molecule has 3 nitrogen and oxygen atoms in total. The number of ether oxygens (including phenoxy) is 1. The van der Waals surface area contributed by atoms with E-state index in [1.54, 1.807) is 0 Å². The van der Waals surface area contributed by atoms with Crippen LogP contribution in [-0.2, 0) is 11.2 Å². The molecule has 1 aliphatic heterocycles. The van der Waals surface area contributed by atoms with E-state index in [0.717, 1.165) is 19.6 Å². The molecule has 0 saturated carbocycles. The number of hydrogen-bond acceptors (Lipinski definition) is 3. The number of nitrogens with one attached hydrogen (secondary N) is 1. The van der Waals surface area contributed by atoms with Crippen LogP contribution in [0.2, 0.25) is 0 Å². The highest BCUT2D eigenvalue weighted by Gasteiger charge is 2.35. The van der Waals surface area contributed by atoms with Gasteiger partial charge in [0.05, 0.1) is 6.61 Å². The Morgan fingerprint density at radius 1 is 1.29 bits per heavy atom. The average Bonchev–Trinajstić information content (AvgIpc) is 3.01. The molecule has 1 aromatic carbocycles. The fourth-order valence-electron chi connectivity index (χ4n) is 3.38. The van der Waals surface area contributed by atoms with Crippen molar-refractivity contribution >= 4 is 0 Å². The van der Waals surface area contributed by atoms with Crippen LogP contribution >= 0.6 is 0 Å². The Morgan fingerprint density at radius 3 is 2.94 bits per heavy atom. The number of nitrogens with two attached hydrogens (primary N) is 1. The summed E-state index contributed by atoms with van der Waals surface area (Å²) in [5.41, 5.74) is 6.03. The van der Waals surface area contributed by atoms with E-state index in [4.69, 9.17) is 10.6 Å². The number of aryl methyl sites for hydroxylation is 1. The summed E-state index contributed by atoms with van der Waals surface area (Å²) in [5.74, 6) is 6.91. The molecule has 0 spiro atoms. The van der Waals surface area contributed by atoms with E-state index in [9.17, 15) is 0 Å². The molecule has 1 saturated heterocycles. The molecule has 3 N–H and O–H groups in total. The van der Waals surface area contributed by atoms with Crippen LogP contribution in [0.5, 0.6) is 0 Å². The molecule has 17 heavy (non-hydrogen) atoms. The van der Waals surface area contributed by atoms with E-state index < -0.39 is 0 Å². The Hall–Kier alpha value is -0.900. The van der Waals surface area contributed by atoms with Crippen molar-refractivity contribution in [3.05, 3.63) is 35.4 Å². The van der Waals surface area contributed by atoms with E-state index in [1.807, 2.05) is 0 Å². The van der Waals surface area contributed by atoms with E-state index in [2.05, 4.69) is 29.7 Å². The predicted molar refractivity (Wildman–Crippen MR) is 67.5 cm³/mol. The smallest absolute Gasteiger partial charge is 0.0510 e. The Balaban J connectivity index is 1.84. The van der Waals surface area contributed by atoms with Gasteiger partial charge in [-0.15, -0.1) is 0 Å². The van der Waals surface area contributed by atoms with Crippen molar-refractivity contribution in [2.45, 2.75) is 31.2 Å². The minimum atomic E-state index is 0.362. The molecule has 3 rings (SSSR count). The molecule has 1 aromatic rings. The molecule has 0 radical (unpaired) electrons. The Kier molecular flexibility index (Phi) is 3.14. The third kappa shape index (κ3) is 1.99. The lowest BCUT2D eigenvalue weighted by Crippen LogP contribution is -2.45. The number of benzene rings is 1. The molecule has 0 amide bonds. The highest BCUT2D eigenvalue weighted by molar-refractivity contribution is 5.36. The Labute approximate surface area is 102 Å². The van der Waals surface area contributed by atoms with Crippen molar-refractivity contribution in [3.8, 4) is 0 Å². The van der Waals surface area contributed by atoms with Crippen LogP contribution in [0.25, 0.3) is 0 Å². The normalized spacial score (nSPS) is 29.2. The average molecular weight is 232 g/mol. The molecular formula is C14H20N2O. The highest BCUT2D eigenvalue weighted by atomic mass is 16.5. The van der Waals surface area contributed by atoms with Gasteiger partial charge >= 0.3 is 0 Å². The summed E-state index contributed by atoms with van der Waals surface area (Å²) < 4.78 is 5.49. The van der Waals surface area contributed by atoms with Crippen molar-refractivity contribution in [2.75, 3.05) is 13.2 Å². The molecule has 0 bridgehead atoms. The molecule has 0 aromatic heterocycles. The van der Waals surface area contributed by atoms with E-state index in [-0.39, 0.29) is 0 Å². The molecule has 1 heterocycles. The lowest BCUT2D eigenvalue weighted by atomic mass is 9.84. The largest absolute Gasteiger partial charge is 0.381 e. The molecule has 1 aliphatic carbocycles. The summed E-state index contributed by atoms with van der Waals surface area (Å²) in [4.78, 5) is 0. The number of rotatable bonds is 3. The van der Waals surface area contributed by atoms with Crippen LogP contribution in [-0.4, -0.2) is 19.3 Å². The Bertz CT molecular complexity index is 388. The third-order valence-electron chi connectivity index (χ3n) is 4.28. The molecule has 3 atom stereocenters. The zero-order chi connectivity index (χ0) is 11.7. The Morgan fingerprint density at radius 2 is 2.18 bits per heavy atom. The van der Waals surface area contributed by atoms with Crippen LogP contribution in [0.15, 0.2) is 24.3 Å². The monoisotopic (exact) mass is 232 g/mol. The maximum absolute atomic E-state index is 5.78. The van der Waals surface area contributed by atoms with Crippen molar-refractivity contribution in [2.24, 2.45) is 11.8 Å². The van der Waals surface area contributed by atoms with Gasteiger partial charge in [-0.25, -0.2) is 0 Å². The summed E-state index contributed by atoms with van der Waals surface area (Å²) in [6.45, 7) is 1.74. The maximum Gasteiger partial charge on any atom is 0.0510 e. The van der Waals surface area contributed by atoms with Gasteiger partial charge in [0.15, 0.2) is 0 Å². The van der Waals surface area contributed by atoms with Crippen molar-refractivity contribution < 1.29 is 4.74 Å². The predicted octanol–water partition coefficient (Wildman–Crippen LogP) is 1.58. The molecule has 1 fully saturated rings. The minimum Gasteiger partial charge on any atom is -0.381 e. The third-order valence-corrected chi connectivity index (χ3v) is 4.28. The number of hydrogen-bond donors (Lipinski definition) is 2. The second-order valence-electron chi connectivity index (χ2n) is 5.16. The van der Waals surface area contributed by atoms with E-state index in [1.165, 1.54) is 24.0 Å². The summed E-state index contributed by atoms with van der Waals surface area (Å²) in [7, 11) is 0. The fourth-order valence-corrected chi connectivity index (χ4v) is 3.38. The molecular weight excluding hydrogens is 212 g/mol. The van der Waals surface area contributed by atoms with Gasteiger partial charge in [-0.1, -0.05) is 24.3 Å². The molecule has 3 heteroatoms. The van der Waals surface area contributed by atoms with Gasteiger partial charge in [-0.3, -0.25) is 11.3 Å². The highest BCUT2D eigenvalue weighted by Crippen LogP contribution is 2.38. The van der Waals surface area contributed by atoms with Crippen LogP contribution in [0.1, 0.15) is 29.9 Å². The van der Waals surface area contributed by atoms with Gasteiger partial charge in [0.1, 0.15) is 0 Å². The number of fused-ring (bicyclic) bond motifs is 1. The van der Waals surface area contributed by atoms with Gasteiger partial charge in [0, 0.05) is 24.5 Å². The summed E-state index contributed by atoms with van der Waals surface area (Å²) in [6.07, 6.45) is 3.53. The lowest BCUT2D eigenvalue weighted by molar-refractivity contribution is 0.172. The summed E-state index contributed by atoms with van der Waals surface area (Å²) in [5, 5.41) is 0. The standard InChI is InChI=1S/C14H20N2O/c15-16-14(11-7-8-17-9-11)13-6-5-10-3-1-2-4-12(10)13/h1-4,11,13-14,16H,5-9,15H2.